The lowest BCUT2D eigenvalue weighted by molar-refractivity contribution is 0.294. The fraction of sp³-hybridized carbons (Fsp3) is 0.478. The van der Waals surface area contributed by atoms with Gasteiger partial charge in [-0.25, -0.2) is 0 Å². The zero-order valence-corrected chi connectivity index (χ0v) is 14.7. The molecule has 2 rings (SSSR count). The molecule has 0 aliphatic heterocycles. The first kappa shape index (κ1) is 17.6. The molecule has 1 saturated carbocycles. The lowest BCUT2D eigenvalue weighted by Gasteiger charge is -2.26. The second kappa shape index (κ2) is 10.1. The molecule has 1 aromatic carbocycles. The minimum atomic E-state index is 0.753. The van der Waals surface area contributed by atoms with Gasteiger partial charge < -0.3 is 0 Å². The monoisotopic (exact) mass is 306 g/mol. The molecule has 0 nitrogen and oxygen atoms in total. The van der Waals surface area contributed by atoms with E-state index in [2.05, 4.69) is 68.2 Å². The predicted octanol–water partition coefficient (Wildman–Crippen LogP) is 6.43. The molecular formula is C23H30. The molecule has 0 N–H and O–H groups in total. The Morgan fingerprint density at radius 2 is 1.65 bits per heavy atom. The minimum Gasteiger partial charge on any atom is -0.0730 e. The van der Waals surface area contributed by atoms with Crippen LogP contribution in [0.5, 0.6) is 0 Å². The van der Waals surface area contributed by atoms with Gasteiger partial charge in [0.1, 0.15) is 0 Å². The number of benzene rings is 1. The SMILES string of the molecule is CCCC1CCC(/C=C/C#C/C=C/c2ccc(CC)cc2)CC1. The first-order valence-electron chi connectivity index (χ1n) is 9.25. The third-order valence-corrected chi connectivity index (χ3v) is 4.87. The predicted molar refractivity (Wildman–Crippen MR) is 102 cm³/mol. The first-order valence-corrected chi connectivity index (χ1v) is 9.25. The van der Waals surface area contributed by atoms with Crippen molar-refractivity contribution in [1.82, 2.24) is 0 Å². The quantitative estimate of drug-likeness (QED) is 0.550. The first-order chi connectivity index (χ1) is 11.3. The highest BCUT2D eigenvalue weighted by Gasteiger charge is 2.18. The van der Waals surface area contributed by atoms with Crippen LogP contribution in [0.2, 0.25) is 0 Å². The molecule has 1 aliphatic rings. The van der Waals surface area contributed by atoms with E-state index < -0.39 is 0 Å². The number of hydrogen-bond acceptors (Lipinski definition) is 0. The van der Waals surface area contributed by atoms with Crippen molar-refractivity contribution >= 4 is 6.08 Å². The van der Waals surface area contributed by atoms with Crippen LogP contribution in [0, 0.1) is 23.7 Å². The van der Waals surface area contributed by atoms with Gasteiger partial charge >= 0.3 is 0 Å². The summed E-state index contributed by atoms with van der Waals surface area (Å²) in [5.74, 6) is 8.00. The van der Waals surface area contributed by atoms with Crippen LogP contribution >= 0.6 is 0 Å². The largest absolute Gasteiger partial charge is 0.0730 e. The molecule has 1 fully saturated rings. The molecule has 0 atom stereocenters. The summed E-state index contributed by atoms with van der Waals surface area (Å²) in [6, 6.07) is 8.67. The molecule has 0 amide bonds. The normalized spacial score (nSPS) is 21.5. The van der Waals surface area contributed by atoms with Crippen LogP contribution in [0.4, 0.5) is 0 Å². The van der Waals surface area contributed by atoms with E-state index in [1.54, 1.807) is 0 Å². The van der Waals surface area contributed by atoms with Crippen LogP contribution in [0.25, 0.3) is 6.08 Å². The van der Waals surface area contributed by atoms with Gasteiger partial charge in [-0.15, -0.1) is 0 Å². The van der Waals surface area contributed by atoms with E-state index in [9.17, 15) is 0 Å². The third kappa shape index (κ3) is 6.49. The van der Waals surface area contributed by atoms with E-state index in [1.807, 2.05) is 6.08 Å². The summed E-state index contributed by atoms with van der Waals surface area (Å²) in [5.41, 5.74) is 2.60. The van der Waals surface area contributed by atoms with Gasteiger partial charge in [-0.3, -0.25) is 0 Å². The Kier molecular flexibility index (Phi) is 7.74. The summed E-state index contributed by atoms with van der Waals surface area (Å²) in [6.45, 7) is 4.48. The van der Waals surface area contributed by atoms with Crippen LogP contribution in [-0.2, 0) is 6.42 Å². The van der Waals surface area contributed by atoms with Crippen molar-refractivity contribution in [2.24, 2.45) is 11.8 Å². The van der Waals surface area contributed by atoms with Crippen LogP contribution < -0.4 is 0 Å². The summed E-state index contributed by atoms with van der Waals surface area (Å²) in [6.07, 6.45) is 17.8. The standard InChI is InChI=1S/C23H30/c1-3-9-21-16-18-23(19-17-21)11-8-6-5-7-10-22-14-12-20(4-2)13-15-22/h7-8,10-15,21,23H,3-4,9,16-19H2,1-2H3/b10-7+,11-8+. The van der Waals surface area contributed by atoms with Gasteiger partial charge in [-0.1, -0.05) is 68.9 Å². The van der Waals surface area contributed by atoms with E-state index in [0.29, 0.717) is 0 Å². The lowest BCUT2D eigenvalue weighted by Crippen LogP contribution is -2.12. The van der Waals surface area contributed by atoms with E-state index >= 15 is 0 Å². The van der Waals surface area contributed by atoms with E-state index in [4.69, 9.17) is 0 Å². The number of hydrogen-bond donors (Lipinski definition) is 0. The number of aryl methyl sites for hydroxylation is 1. The summed E-state index contributed by atoms with van der Waals surface area (Å²) in [5, 5.41) is 0. The van der Waals surface area contributed by atoms with Gasteiger partial charge in [0.2, 0.25) is 0 Å². The Labute approximate surface area is 142 Å². The fourth-order valence-electron chi connectivity index (χ4n) is 3.36. The van der Waals surface area contributed by atoms with Crippen molar-refractivity contribution in [1.29, 1.82) is 0 Å². The number of rotatable bonds is 5. The molecule has 0 bridgehead atoms. The highest BCUT2D eigenvalue weighted by molar-refractivity contribution is 5.53. The van der Waals surface area contributed by atoms with Crippen LogP contribution in [0.15, 0.2) is 42.5 Å². The second-order valence-corrected chi connectivity index (χ2v) is 6.65. The summed E-state index contributed by atoms with van der Waals surface area (Å²) in [4.78, 5) is 0. The number of allylic oxidation sites excluding steroid dienone is 3. The Bertz CT molecular complexity index is 554. The van der Waals surface area contributed by atoms with Gasteiger partial charge in [0.25, 0.3) is 0 Å². The van der Waals surface area contributed by atoms with Crippen molar-refractivity contribution in [2.75, 3.05) is 0 Å². The molecule has 0 aromatic heterocycles. The van der Waals surface area contributed by atoms with Crippen molar-refractivity contribution in [3.05, 3.63) is 53.6 Å². The molecule has 0 heteroatoms. The average Bonchev–Trinajstić information content (AvgIpc) is 2.60. The van der Waals surface area contributed by atoms with Gasteiger partial charge in [-0.05, 0) is 73.3 Å². The minimum absolute atomic E-state index is 0.753. The smallest absolute Gasteiger partial charge is 0.0109 e. The van der Waals surface area contributed by atoms with Gasteiger partial charge in [0.05, 0.1) is 0 Å². The highest BCUT2D eigenvalue weighted by Crippen LogP contribution is 2.31. The van der Waals surface area contributed by atoms with Crippen molar-refractivity contribution in [3.63, 3.8) is 0 Å². The van der Waals surface area contributed by atoms with Gasteiger partial charge in [0, 0.05) is 0 Å². The fourth-order valence-corrected chi connectivity index (χ4v) is 3.36. The Balaban J connectivity index is 1.73. The zero-order valence-electron chi connectivity index (χ0n) is 14.7. The van der Waals surface area contributed by atoms with Crippen molar-refractivity contribution in [3.8, 4) is 11.8 Å². The maximum atomic E-state index is 3.14. The van der Waals surface area contributed by atoms with Gasteiger partial charge in [0.15, 0.2) is 0 Å². The molecule has 0 heterocycles. The lowest BCUT2D eigenvalue weighted by atomic mass is 9.80. The molecule has 122 valence electrons. The van der Waals surface area contributed by atoms with Crippen molar-refractivity contribution in [2.45, 2.75) is 58.8 Å². The molecule has 0 saturated heterocycles. The van der Waals surface area contributed by atoms with Crippen LogP contribution in [0.3, 0.4) is 0 Å². The zero-order chi connectivity index (χ0) is 16.3. The summed E-state index contributed by atoms with van der Waals surface area (Å²) < 4.78 is 0. The summed E-state index contributed by atoms with van der Waals surface area (Å²) in [7, 11) is 0. The molecule has 23 heavy (non-hydrogen) atoms. The van der Waals surface area contributed by atoms with Crippen LogP contribution in [-0.4, -0.2) is 0 Å². The Hall–Kier alpha value is -1.74. The van der Waals surface area contributed by atoms with E-state index in [-0.39, 0.29) is 0 Å². The Morgan fingerprint density at radius 1 is 0.957 bits per heavy atom. The molecule has 1 aliphatic carbocycles. The molecule has 0 spiro atoms. The maximum absolute atomic E-state index is 3.14. The maximum Gasteiger partial charge on any atom is -0.0109 e. The van der Waals surface area contributed by atoms with Gasteiger partial charge in [-0.2, -0.15) is 0 Å². The van der Waals surface area contributed by atoms with Crippen LogP contribution in [0.1, 0.15) is 63.5 Å². The van der Waals surface area contributed by atoms with Crippen molar-refractivity contribution < 1.29 is 0 Å². The summed E-state index contributed by atoms with van der Waals surface area (Å²) >= 11 is 0. The van der Waals surface area contributed by atoms with E-state index in [1.165, 1.54) is 49.7 Å². The highest BCUT2D eigenvalue weighted by atomic mass is 14.2. The van der Waals surface area contributed by atoms with E-state index in [0.717, 1.165) is 18.3 Å². The molecule has 0 radical (unpaired) electrons. The molecule has 0 unspecified atom stereocenters. The molecular weight excluding hydrogens is 276 g/mol. The molecule has 1 aromatic rings. The second-order valence-electron chi connectivity index (χ2n) is 6.65. The Morgan fingerprint density at radius 3 is 2.30 bits per heavy atom. The topological polar surface area (TPSA) is 0 Å². The average molecular weight is 306 g/mol. The third-order valence-electron chi connectivity index (χ3n) is 4.87.